The van der Waals surface area contributed by atoms with Crippen LogP contribution in [0, 0.1) is 0 Å². The second-order valence-electron chi connectivity index (χ2n) is 4.84. The van der Waals surface area contributed by atoms with Crippen molar-refractivity contribution in [1.29, 1.82) is 0 Å². The summed E-state index contributed by atoms with van der Waals surface area (Å²) in [7, 11) is 1.61. The number of carbonyl (C=O) groups excluding carboxylic acids is 1. The molecule has 0 aliphatic carbocycles. The van der Waals surface area contributed by atoms with Gasteiger partial charge in [0.2, 0.25) is 0 Å². The number of carboxylic acids is 1. The fraction of sp³-hybridized carbons (Fsp3) is 0.357. The number of imidazole rings is 1. The Morgan fingerprint density at radius 1 is 1.38 bits per heavy atom. The van der Waals surface area contributed by atoms with E-state index in [-0.39, 0.29) is 18.1 Å². The average molecular weight is 291 g/mol. The zero-order valence-corrected chi connectivity index (χ0v) is 11.9. The molecule has 2 N–H and O–H groups in total. The highest BCUT2D eigenvalue weighted by atomic mass is 16.4. The number of fused-ring (bicyclic) bond motifs is 1. The molecule has 112 valence electrons. The maximum atomic E-state index is 12.4. The van der Waals surface area contributed by atoms with Gasteiger partial charge in [-0.05, 0) is 24.6 Å². The third-order valence-electron chi connectivity index (χ3n) is 3.26. The van der Waals surface area contributed by atoms with Crippen LogP contribution >= 0.6 is 0 Å². The molecule has 2 aromatic rings. The van der Waals surface area contributed by atoms with Gasteiger partial charge in [0.05, 0.1) is 11.0 Å². The minimum absolute atomic E-state index is 0.259. The largest absolute Gasteiger partial charge is 0.480 e. The summed E-state index contributed by atoms with van der Waals surface area (Å²) in [4.78, 5) is 38.7. The number of carbonyl (C=O) groups is 2. The minimum atomic E-state index is -1.05. The zero-order valence-electron chi connectivity index (χ0n) is 11.9. The first kappa shape index (κ1) is 14.8. The second-order valence-corrected chi connectivity index (χ2v) is 4.84. The molecule has 1 heterocycles. The Kier molecular flexibility index (Phi) is 4.11. The fourth-order valence-corrected chi connectivity index (χ4v) is 2.22. The minimum Gasteiger partial charge on any atom is -0.480 e. The van der Waals surface area contributed by atoms with Crippen LogP contribution in [0.4, 0.5) is 0 Å². The van der Waals surface area contributed by atoms with E-state index < -0.39 is 5.97 Å². The number of H-pyrrole nitrogens is 1. The molecule has 1 aromatic heterocycles. The molecule has 2 rings (SSSR count). The van der Waals surface area contributed by atoms with E-state index in [4.69, 9.17) is 5.11 Å². The van der Waals surface area contributed by atoms with Crippen LogP contribution in [0.15, 0.2) is 23.0 Å². The number of amides is 1. The summed E-state index contributed by atoms with van der Waals surface area (Å²) in [5, 5.41) is 8.88. The lowest BCUT2D eigenvalue weighted by Gasteiger charge is -2.20. The fourth-order valence-electron chi connectivity index (χ4n) is 2.22. The van der Waals surface area contributed by atoms with Crippen LogP contribution in [0.1, 0.15) is 23.7 Å². The molecular formula is C14H17N3O4. The molecule has 0 radical (unpaired) electrons. The number of aromatic amines is 1. The summed E-state index contributed by atoms with van der Waals surface area (Å²) in [6.07, 6.45) is 0.671. The SMILES string of the molecule is CCCN(CC(=O)O)C(=O)c1ccc2[nH]c(=O)n(C)c2c1. The van der Waals surface area contributed by atoms with Gasteiger partial charge in [-0.25, -0.2) is 4.79 Å². The topological polar surface area (TPSA) is 95.4 Å². The highest BCUT2D eigenvalue weighted by Crippen LogP contribution is 2.14. The Labute approximate surface area is 120 Å². The summed E-state index contributed by atoms with van der Waals surface area (Å²) >= 11 is 0. The third kappa shape index (κ3) is 2.96. The summed E-state index contributed by atoms with van der Waals surface area (Å²) in [5.41, 5.74) is 1.36. The predicted molar refractivity (Wildman–Crippen MR) is 77.4 cm³/mol. The molecule has 0 spiro atoms. The van der Waals surface area contributed by atoms with Crippen LogP contribution in [-0.2, 0) is 11.8 Å². The van der Waals surface area contributed by atoms with Crippen molar-refractivity contribution < 1.29 is 14.7 Å². The predicted octanol–water partition coefficient (Wildman–Crippen LogP) is 0.803. The summed E-state index contributed by atoms with van der Waals surface area (Å²) in [6, 6.07) is 4.83. The first-order valence-corrected chi connectivity index (χ1v) is 6.64. The van der Waals surface area contributed by atoms with Gasteiger partial charge < -0.3 is 15.0 Å². The van der Waals surface area contributed by atoms with Crippen LogP contribution < -0.4 is 5.69 Å². The van der Waals surface area contributed by atoms with Gasteiger partial charge in [0.15, 0.2) is 0 Å². The van der Waals surface area contributed by atoms with Crippen LogP contribution in [0.25, 0.3) is 11.0 Å². The molecule has 7 nitrogen and oxygen atoms in total. The van der Waals surface area contributed by atoms with E-state index in [9.17, 15) is 14.4 Å². The van der Waals surface area contributed by atoms with Crippen molar-refractivity contribution in [3.05, 3.63) is 34.2 Å². The highest BCUT2D eigenvalue weighted by Gasteiger charge is 2.18. The number of hydrogen-bond acceptors (Lipinski definition) is 3. The van der Waals surface area contributed by atoms with Crippen molar-refractivity contribution >= 4 is 22.9 Å². The number of aromatic nitrogens is 2. The Morgan fingerprint density at radius 3 is 2.71 bits per heavy atom. The standard InChI is InChI=1S/C14H17N3O4/c1-3-6-17(8-12(18)19)13(20)9-4-5-10-11(7-9)16(2)14(21)15-10/h4-5,7H,3,6,8H2,1-2H3,(H,15,21)(H,18,19). The second kappa shape index (κ2) is 5.82. The van der Waals surface area contributed by atoms with E-state index in [1.54, 1.807) is 25.2 Å². The Morgan fingerprint density at radius 2 is 2.10 bits per heavy atom. The lowest BCUT2D eigenvalue weighted by atomic mass is 10.1. The molecule has 1 aromatic carbocycles. The third-order valence-corrected chi connectivity index (χ3v) is 3.26. The smallest absolute Gasteiger partial charge is 0.326 e. The van der Waals surface area contributed by atoms with Gasteiger partial charge in [0, 0.05) is 19.2 Å². The molecule has 0 atom stereocenters. The van der Waals surface area contributed by atoms with E-state index in [0.717, 1.165) is 0 Å². The molecule has 0 aliphatic heterocycles. The first-order chi connectivity index (χ1) is 9.93. The molecule has 7 heteroatoms. The highest BCUT2D eigenvalue weighted by molar-refractivity contribution is 5.98. The number of nitrogens with one attached hydrogen (secondary N) is 1. The van der Waals surface area contributed by atoms with Gasteiger partial charge in [-0.1, -0.05) is 6.92 Å². The molecule has 0 aliphatic rings. The molecule has 1 amide bonds. The average Bonchev–Trinajstić information content (AvgIpc) is 2.72. The van der Waals surface area contributed by atoms with Crippen LogP contribution in [0.3, 0.4) is 0 Å². The van der Waals surface area contributed by atoms with Crippen molar-refractivity contribution in [3.63, 3.8) is 0 Å². The van der Waals surface area contributed by atoms with Gasteiger partial charge in [-0.2, -0.15) is 0 Å². The summed E-state index contributed by atoms with van der Waals surface area (Å²) in [6.45, 7) is 1.91. The first-order valence-electron chi connectivity index (χ1n) is 6.64. The number of rotatable bonds is 5. The molecule has 0 unspecified atom stereocenters. The van der Waals surface area contributed by atoms with E-state index in [0.29, 0.717) is 29.6 Å². The van der Waals surface area contributed by atoms with Gasteiger partial charge in [0.1, 0.15) is 6.54 Å². The maximum absolute atomic E-state index is 12.4. The number of hydrogen-bond donors (Lipinski definition) is 2. The summed E-state index contributed by atoms with van der Waals surface area (Å²) < 4.78 is 1.41. The Balaban J connectivity index is 2.39. The van der Waals surface area contributed by atoms with Crippen molar-refractivity contribution in [1.82, 2.24) is 14.5 Å². The van der Waals surface area contributed by atoms with E-state index in [1.165, 1.54) is 9.47 Å². The number of nitrogens with zero attached hydrogens (tertiary/aromatic N) is 2. The number of benzene rings is 1. The number of aryl methyl sites for hydroxylation is 1. The maximum Gasteiger partial charge on any atom is 0.326 e. The summed E-state index contributed by atoms with van der Waals surface area (Å²) in [5.74, 6) is -1.40. The van der Waals surface area contributed by atoms with E-state index in [2.05, 4.69) is 4.98 Å². The molecule has 0 fully saturated rings. The van der Waals surface area contributed by atoms with Gasteiger partial charge in [-0.3, -0.25) is 14.2 Å². The molecular weight excluding hydrogens is 274 g/mol. The zero-order chi connectivity index (χ0) is 15.6. The number of carboxylic acid groups (broad SMARTS) is 1. The quantitative estimate of drug-likeness (QED) is 0.852. The Bertz CT molecular complexity index is 744. The molecule has 0 saturated carbocycles. The van der Waals surface area contributed by atoms with E-state index >= 15 is 0 Å². The molecule has 0 bridgehead atoms. The molecule has 0 saturated heterocycles. The van der Waals surface area contributed by atoms with Crippen LogP contribution in [0.5, 0.6) is 0 Å². The van der Waals surface area contributed by atoms with Crippen LogP contribution in [-0.4, -0.2) is 44.5 Å². The monoisotopic (exact) mass is 291 g/mol. The molecule has 21 heavy (non-hydrogen) atoms. The van der Waals surface area contributed by atoms with Crippen molar-refractivity contribution in [2.75, 3.05) is 13.1 Å². The van der Waals surface area contributed by atoms with Crippen LogP contribution in [0.2, 0.25) is 0 Å². The lowest BCUT2D eigenvalue weighted by molar-refractivity contribution is -0.137. The van der Waals surface area contributed by atoms with Crippen molar-refractivity contribution in [3.8, 4) is 0 Å². The lowest BCUT2D eigenvalue weighted by Crippen LogP contribution is -2.36. The number of aliphatic carboxylic acids is 1. The van der Waals surface area contributed by atoms with E-state index in [1.807, 2.05) is 6.92 Å². The van der Waals surface area contributed by atoms with Crippen molar-refractivity contribution in [2.24, 2.45) is 7.05 Å². The van der Waals surface area contributed by atoms with Gasteiger partial charge in [-0.15, -0.1) is 0 Å². The Hall–Kier alpha value is -2.57. The van der Waals surface area contributed by atoms with Gasteiger partial charge in [0.25, 0.3) is 5.91 Å². The van der Waals surface area contributed by atoms with Crippen molar-refractivity contribution in [2.45, 2.75) is 13.3 Å². The normalized spacial score (nSPS) is 10.8. The van der Waals surface area contributed by atoms with Gasteiger partial charge >= 0.3 is 11.7 Å².